The van der Waals surface area contributed by atoms with Crippen molar-refractivity contribution in [2.24, 2.45) is 17.6 Å². The largest absolute Gasteiger partial charge is 0.342 e. The van der Waals surface area contributed by atoms with Crippen molar-refractivity contribution in [2.75, 3.05) is 13.1 Å². The molecule has 3 nitrogen and oxygen atoms in total. The number of nitrogens with two attached hydrogens (primary N) is 1. The number of hydrogen-bond donors (Lipinski definition) is 1. The zero-order valence-electron chi connectivity index (χ0n) is 11.7. The molecule has 0 aromatic carbocycles. The van der Waals surface area contributed by atoms with E-state index in [0.29, 0.717) is 23.8 Å². The minimum atomic E-state index is 0.335. The van der Waals surface area contributed by atoms with Crippen molar-refractivity contribution < 1.29 is 4.79 Å². The summed E-state index contributed by atoms with van der Waals surface area (Å²) in [5.74, 6) is 1.64. The van der Waals surface area contributed by atoms with Gasteiger partial charge in [0.2, 0.25) is 5.91 Å². The Morgan fingerprint density at radius 1 is 1.22 bits per heavy atom. The first-order chi connectivity index (χ1) is 8.72. The van der Waals surface area contributed by atoms with E-state index in [1.165, 1.54) is 32.1 Å². The van der Waals surface area contributed by atoms with E-state index >= 15 is 0 Å². The Hall–Kier alpha value is -0.570. The predicted octanol–water partition coefficient (Wildman–Crippen LogP) is 2.54. The molecule has 0 radical (unpaired) electrons. The maximum atomic E-state index is 12.1. The molecule has 2 N–H and O–H groups in total. The number of carbonyl (C=O) groups is 1. The van der Waals surface area contributed by atoms with Gasteiger partial charge in [-0.3, -0.25) is 4.79 Å². The van der Waals surface area contributed by atoms with Crippen LogP contribution in [-0.4, -0.2) is 29.9 Å². The first-order valence-electron chi connectivity index (χ1n) is 7.75. The third kappa shape index (κ3) is 3.25. The highest BCUT2D eigenvalue weighted by Gasteiger charge is 2.39. The summed E-state index contributed by atoms with van der Waals surface area (Å²) in [6, 6.07) is 0.335. The summed E-state index contributed by atoms with van der Waals surface area (Å²) >= 11 is 0. The highest BCUT2D eigenvalue weighted by Crippen LogP contribution is 2.35. The van der Waals surface area contributed by atoms with Crippen LogP contribution in [0.2, 0.25) is 0 Å². The number of fused-ring (bicyclic) bond motifs is 1. The fourth-order valence-corrected chi connectivity index (χ4v) is 3.58. The van der Waals surface area contributed by atoms with Gasteiger partial charge in [0.1, 0.15) is 0 Å². The van der Waals surface area contributed by atoms with E-state index < -0.39 is 0 Å². The number of nitrogens with zero attached hydrogens (tertiary/aromatic N) is 1. The van der Waals surface area contributed by atoms with E-state index in [1.807, 2.05) is 0 Å². The molecule has 3 heteroatoms. The van der Waals surface area contributed by atoms with Gasteiger partial charge in [-0.15, -0.1) is 0 Å². The van der Waals surface area contributed by atoms with E-state index in [1.54, 1.807) is 0 Å². The average molecular weight is 252 g/mol. The van der Waals surface area contributed by atoms with Gasteiger partial charge in [0.05, 0.1) is 0 Å². The summed E-state index contributed by atoms with van der Waals surface area (Å²) < 4.78 is 0. The molecule has 2 fully saturated rings. The van der Waals surface area contributed by atoms with Crippen LogP contribution in [-0.2, 0) is 4.79 Å². The molecule has 2 aliphatic rings. The topological polar surface area (TPSA) is 46.3 Å². The number of rotatable bonds is 5. The van der Waals surface area contributed by atoms with E-state index in [0.717, 1.165) is 32.4 Å². The Morgan fingerprint density at radius 2 is 2.06 bits per heavy atom. The number of unbranched alkanes of at least 4 members (excludes halogenated alkanes) is 3. The lowest BCUT2D eigenvalue weighted by atomic mass is 9.78. The third-order valence-electron chi connectivity index (χ3n) is 4.75. The number of carbonyl (C=O) groups excluding carboxylic acids is 1. The van der Waals surface area contributed by atoms with Crippen LogP contribution in [0.15, 0.2) is 0 Å². The predicted molar refractivity (Wildman–Crippen MR) is 74.1 cm³/mol. The van der Waals surface area contributed by atoms with Crippen molar-refractivity contribution in [1.29, 1.82) is 0 Å². The molecular formula is C15H28N2O. The summed E-state index contributed by atoms with van der Waals surface area (Å²) in [6.07, 6.45) is 9.17. The Balaban J connectivity index is 1.75. The summed E-state index contributed by atoms with van der Waals surface area (Å²) in [4.78, 5) is 14.2. The van der Waals surface area contributed by atoms with Crippen molar-refractivity contribution in [3.63, 3.8) is 0 Å². The minimum absolute atomic E-state index is 0.335. The standard InChI is InChI=1S/C15H28N2O/c1-2-3-4-5-9-15(18)17-10-12-7-6-8-14(16)13(12)11-17/h12-14H,2-11,16H2,1H3. The highest BCUT2D eigenvalue weighted by molar-refractivity contribution is 5.76. The first-order valence-corrected chi connectivity index (χ1v) is 7.75. The van der Waals surface area contributed by atoms with Gasteiger partial charge in [0.15, 0.2) is 0 Å². The number of likely N-dealkylation sites (tertiary alicyclic amines) is 1. The smallest absolute Gasteiger partial charge is 0.222 e. The van der Waals surface area contributed by atoms with E-state index in [4.69, 9.17) is 5.73 Å². The molecular weight excluding hydrogens is 224 g/mol. The van der Waals surface area contributed by atoms with Crippen molar-refractivity contribution in [3.05, 3.63) is 0 Å². The van der Waals surface area contributed by atoms with Crippen LogP contribution in [0.3, 0.4) is 0 Å². The van der Waals surface area contributed by atoms with Gasteiger partial charge in [-0.05, 0) is 31.1 Å². The number of amides is 1. The molecule has 0 spiro atoms. The fraction of sp³-hybridized carbons (Fsp3) is 0.933. The van der Waals surface area contributed by atoms with Crippen LogP contribution in [0.25, 0.3) is 0 Å². The Labute approximate surface area is 111 Å². The molecule has 2 rings (SSSR count). The van der Waals surface area contributed by atoms with E-state index in [-0.39, 0.29) is 0 Å². The zero-order valence-corrected chi connectivity index (χ0v) is 11.7. The molecule has 0 aromatic rings. The molecule has 3 unspecified atom stereocenters. The first kappa shape index (κ1) is 13.9. The second-order valence-electron chi connectivity index (χ2n) is 6.13. The van der Waals surface area contributed by atoms with E-state index in [9.17, 15) is 4.79 Å². The fourth-order valence-electron chi connectivity index (χ4n) is 3.58. The van der Waals surface area contributed by atoms with Crippen molar-refractivity contribution in [3.8, 4) is 0 Å². The lowest BCUT2D eigenvalue weighted by Gasteiger charge is -2.29. The molecule has 1 aliphatic carbocycles. The van der Waals surface area contributed by atoms with Crippen LogP contribution in [0.1, 0.15) is 58.3 Å². The van der Waals surface area contributed by atoms with Crippen LogP contribution in [0.5, 0.6) is 0 Å². The molecule has 1 saturated heterocycles. The molecule has 1 heterocycles. The molecule has 3 atom stereocenters. The lowest BCUT2D eigenvalue weighted by Crippen LogP contribution is -2.38. The van der Waals surface area contributed by atoms with Gasteiger partial charge in [-0.1, -0.05) is 32.6 Å². The molecule has 104 valence electrons. The average Bonchev–Trinajstić information content (AvgIpc) is 2.80. The maximum absolute atomic E-state index is 12.1. The van der Waals surface area contributed by atoms with Gasteiger partial charge in [-0.2, -0.15) is 0 Å². The Kier molecular flexibility index (Phi) is 5.04. The molecule has 1 amide bonds. The Bertz CT molecular complexity index is 280. The second kappa shape index (κ2) is 6.55. The summed E-state index contributed by atoms with van der Waals surface area (Å²) in [7, 11) is 0. The van der Waals surface area contributed by atoms with Gasteiger partial charge < -0.3 is 10.6 Å². The molecule has 1 aliphatic heterocycles. The van der Waals surface area contributed by atoms with Crippen molar-refractivity contribution in [1.82, 2.24) is 4.90 Å². The van der Waals surface area contributed by atoms with Crippen LogP contribution < -0.4 is 5.73 Å². The normalized spacial score (nSPS) is 31.4. The highest BCUT2D eigenvalue weighted by atomic mass is 16.2. The van der Waals surface area contributed by atoms with Crippen LogP contribution in [0.4, 0.5) is 0 Å². The van der Waals surface area contributed by atoms with Crippen molar-refractivity contribution >= 4 is 5.91 Å². The monoisotopic (exact) mass is 252 g/mol. The molecule has 18 heavy (non-hydrogen) atoms. The Morgan fingerprint density at radius 3 is 2.78 bits per heavy atom. The molecule has 0 bridgehead atoms. The molecule has 0 aromatic heterocycles. The third-order valence-corrected chi connectivity index (χ3v) is 4.75. The summed E-state index contributed by atoms with van der Waals surface area (Å²) in [5, 5.41) is 0. The zero-order chi connectivity index (χ0) is 13.0. The lowest BCUT2D eigenvalue weighted by molar-refractivity contribution is -0.130. The van der Waals surface area contributed by atoms with Crippen LogP contribution in [0, 0.1) is 11.8 Å². The van der Waals surface area contributed by atoms with Gasteiger partial charge in [-0.25, -0.2) is 0 Å². The second-order valence-corrected chi connectivity index (χ2v) is 6.13. The minimum Gasteiger partial charge on any atom is -0.342 e. The molecule has 1 saturated carbocycles. The number of hydrogen-bond acceptors (Lipinski definition) is 2. The quantitative estimate of drug-likeness (QED) is 0.764. The summed E-state index contributed by atoms with van der Waals surface area (Å²) in [5.41, 5.74) is 6.18. The summed E-state index contributed by atoms with van der Waals surface area (Å²) in [6.45, 7) is 4.11. The van der Waals surface area contributed by atoms with Gasteiger partial charge in [0.25, 0.3) is 0 Å². The SMILES string of the molecule is CCCCCCC(=O)N1CC2CCCC(N)C2C1. The van der Waals surface area contributed by atoms with Crippen LogP contribution >= 0.6 is 0 Å². The van der Waals surface area contributed by atoms with Crippen molar-refractivity contribution in [2.45, 2.75) is 64.3 Å². The maximum Gasteiger partial charge on any atom is 0.222 e. The van der Waals surface area contributed by atoms with Gasteiger partial charge in [0, 0.05) is 25.6 Å². The van der Waals surface area contributed by atoms with E-state index in [2.05, 4.69) is 11.8 Å². The van der Waals surface area contributed by atoms with Gasteiger partial charge >= 0.3 is 0 Å².